The van der Waals surface area contributed by atoms with Crippen LogP contribution < -0.4 is 0 Å². The van der Waals surface area contributed by atoms with E-state index < -0.39 is 0 Å². The number of carbonyl (C=O) groups excluding carboxylic acids is 2. The number of hydrogen-bond acceptors (Lipinski definition) is 2. The fourth-order valence-electron chi connectivity index (χ4n) is 1.94. The van der Waals surface area contributed by atoms with Crippen LogP contribution in [0.4, 0.5) is 0 Å². The second-order valence-electron chi connectivity index (χ2n) is 5.51. The molecule has 2 aromatic carbocycles. The first kappa shape index (κ1) is 17.8. The monoisotopic (exact) mass is 296 g/mol. The SMILES string of the molecule is CC(=O)Cc1ccc(C)cc1.CCC(=O)c1ccc(C)cc1. The van der Waals surface area contributed by atoms with E-state index in [-0.39, 0.29) is 11.6 Å². The number of ketones is 2. The molecule has 0 bridgehead atoms. The average molecular weight is 296 g/mol. The van der Waals surface area contributed by atoms with Gasteiger partial charge in [-0.05, 0) is 26.3 Å². The molecule has 0 N–H and O–H groups in total. The van der Waals surface area contributed by atoms with Crippen molar-refractivity contribution >= 4 is 11.6 Å². The average Bonchev–Trinajstić information content (AvgIpc) is 2.50. The maximum atomic E-state index is 11.1. The highest BCUT2D eigenvalue weighted by molar-refractivity contribution is 5.95. The minimum absolute atomic E-state index is 0.213. The molecule has 0 unspecified atom stereocenters. The number of hydrogen-bond donors (Lipinski definition) is 0. The highest BCUT2D eigenvalue weighted by Gasteiger charge is 2.00. The minimum Gasteiger partial charge on any atom is -0.300 e. The van der Waals surface area contributed by atoms with E-state index in [4.69, 9.17) is 0 Å². The Bertz CT molecular complexity index is 607. The molecule has 22 heavy (non-hydrogen) atoms. The molecule has 0 amide bonds. The predicted molar refractivity (Wildman–Crippen MR) is 91.4 cm³/mol. The summed E-state index contributed by atoms with van der Waals surface area (Å²) < 4.78 is 0. The van der Waals surface area contributed by atoms with Crippen molar-refractivity contribution in [1.82, 2.24) is 0 Å². The second kappa shape index (κ2) is 8.93. The molecule has 2 heteroatoms. The molecule has 116 valence electrons. The van der Waals surface area contributed by atoms with Crippen LogP contribution in [0, 0.1) is 13.8 Å². The van der Waals surface area contributed by atoms with Crippen molar-refractivity contribution in [3.63, 3.8) is 0 Å². The van der Waals surface area contributed by atoms with Crippen LogP contribution in [0.3, 0.4) is 0 Å². The quantitative estimate of drug-likeness (QED) is 0.765. The van der Waals surface area contributed by atoms with Crippen LogP contribution in [0.2, 0.25) is 0 Å². The number of Topliss-reactive ketones (excluding diaryl/α,β-unsaturated/α-hetero) is 2. The van der Waals surface area contributed by atoms with E-state index in [9.17, 15) is 9.59 Å². The Morgan fingerprint density at radius 1 is 0.818 bits per heavy atom. The maximum Gasteiger partial charge on any atom is 0.162 e. The summed E-state index contributed by atoms with van der Waals surface area (Å²) >= 11 is 0. The zero-order valence-electron chi connectivity index (χ0n) is 13.8. The topological polar surface area (TPSA) is 34.1 Å². The Morgan fingerprint density at radius 3 is 1.68 bits per heavy atom. The van der Waals surface area contributed by atoms with Gasteiger partial charge in [0.1, 0.15) is 5.78 Å². The lowest BCUT2D eigenvalue weighted by Crippen LogP contribution is -1.95. The summed E-state index contributed by atoms with van der Waals surface area (Å²) in [6.45, 7) is 7.54. The fourth-order valence-corrected chi connectivity index (χ4v) is 1.94. The van der Waals surface area contributed by atoms with Gasteiger partial charge in [-0.1, -0.05) is 66.6 Å². The standard InChI is InChI=1S/2C10H12O/c1-8-3-5-10(6-4-8)7-9(2)11;1-3-10(11)9-6-4-8(2)5-7-9/h3-6H,7H2,1-2H3;4-7H,3H2,1-2H3. The molecule has 0 aromatic heterocycles. The Hall–Kier alpha value is -2.22. The normalized spacial score (nSPS) is 9.64. The first-order chi connectivity index (χ1) is 10.4. The lowest BCUT2D eigenvalue weighted by atomic mass is 10.1. The van der Waals surface area contributed by atoms with E-state index in [0.29, 0.717) is 12.8 Å². The Kier molecular flexibility index (Phi) is 7.24. The highest BCUT2D eigenvalue weighted by Crippen LogP contribution is 2.05. The smallest absolute Gasteiger partial charge is 0.162 e. The van der Waals surface area contributed by atoms with Gasteiger partial charge >= 0.3 is 0 Å². The third-order valence-electron chi connectivity index (χ3n) is 3.27. The molecule has 0 aliphatic rings. The van der Waals surface area contributed by atoms with E-state index in [1.54, 1.807) is 6.92 Å². The van der Waals surface area contributed by atoms with Gasteiger partial charge in [0.2, 0.25) is 0 Å². The van der Waals surface area contributed by atoms with Crippen molar-refractivity contribution in [3.8, 4) is 0 Å². The molecule has 0 aliphatic heterocycles. The lowest BCUT2D eigenvalue weighted by molar-refractivity contribution is -0.116. The van der Waals surface area contributed by atoms with E-state index >= 15 is 0 Å². The van der Waals surface area contributed by atoms with Crippen LogP contribution in [-0.4, -0.2) is 11.6 Å². The zero-order chi connectivity index (χ0) is 16.5. The summed E-state index contributed by atoms with van der Waals surface area (Å²) in [6, 6.07) is 15.7. The van der Waals surface area contributed by atoms with Crippen molar-refractivity contribution in [3.05, 3.63) is 70.8 Å². The van der Waals surface area contributed by atoms with Crippen molar-refractivity contribution in [2.45, 2.75) is 40.5 Å². The molecule has 0 atom stereocenters. The molecule has 2 aromatic rings. The van der Waals surface area contributed by atoms with Gasteiger partial charge in [-0.15, -0.1) is 0 Å². The predicted octanol–water partition coefficient (Wildman–Crippen LogP) is 4.71. The van der Waals surface area contributed by atoms with Crippen LogP contribution in [0.25, 0.3) is 0 Å². The summed E-state index contributed by atoms with van der Waals surface area (Å²) in [5.41, 5.74) is 4.34. The Morgan fingerprint density at radius 2 is 1.27 bits per heavy atom. The van der Waals surface area contributed by atoms with Crippen molar-refractivity contribution in [2.75, 3.05) is 0 Å². The minimum atomic E-state index is 0.213. The molecule has 2 nitrogen and oxygen atoms in total. The molecule has 0 saturated carbocycles. The van der Waals surface area contributed by atoms with Gasteiger partial charge in [0.15, 0.2) is 5.78 Å². The van der Waals surface area contributed by atoms with Crippen LogP contribution in [0.5, 0.6) is 0 Å². The lowest BCUT2D eigenvalue weighted by Gasteiger charge is -1.96. The molecular formula is C20H24O2. The molecule has 0 radical (unpaired) electrons. The Balaban J connectivity index is 0.000000220. The summed E-state index contributed by atoms with van der Waals surface area (Å²) in [4.78, 5) is 21.8. The first-order valence-corrected chi connectivity index (χ1v) is 7.57. The second-order valence-corrected chi connectivity index (χ2v) is 5.51. The van der Waals surface area contributed by atoms with E-state index in [0.717, 1.165) is 11.1 Å². The molecule has 0 spiro atoms. The van der Waals surface area contributed by atoms with Gasteiger partial charge in [0.05, 0.1) is 0 Å². The van der Waals surface area contributed by atoms with Crippen molar-refractivity contribution in [1.29, 1.82) is 0 Å². The molecule has 2 rings (SSSR count). The summed E-state index contributed by atoms with van der Waals surface area (Å²) in [6.07, 6.45) is 1.14. The molecule has 0 aliphatic carbocycles. The third-order valence-corrected chi connectivity index (χ3v) is 3.27. The van der Waals surface area contributed by atoms with E-state index in [2.05, 4.69) is 0 Å². The first-order valence-electron chi connectivity index (χ1n) is 7.57. The number of benzene rings is 2. The number of carbonyl (C=O) groups is 2. The molecular weight excluding hydrogens is 272 g/mol. The van der Waals surface area contributed by atoms with Crippen molar-refractivity contribution in [2.24, 2.45) is 0 Å². The summed E-state index contributed by atoms with van der Waals surface area (Å²) in [5.74, 6) is 0.429. The largest absolute Gasteiger partial charge is 0.300 e. The molecule has 0 fully saturated rings. The van der Waals surface area contributed by atoms with Crippen LogP contribution in [-0.2, 0) is 11.2 Å². The van der Waals surface area contributed by atoms with E-state index in [1.807, 2.05) is 69.3 Å². The van der Waals surface area contributed by atoms with Crippen LogP contribution >= 0.6 is 0 Å². The van der Waals surface area contributed by atoms with Crippen molar-refractivity contribution < 1.29 is 9.59 Å². The van der Waals surface area contributed by atoms with Gasteiger partial charge in [0, 0.05) is 18.4 Å². The molecule has 0 saturated heterocycles. The Labute approximate surface area is 133 Å². The fraction of sp³-hybridized carbons (Fsp3) is 0.300. The maximum absolute atomic E-state index is 11.1. The van der Waals surface area contributed by atoms with Gasteiger partial charge in [-0.2, -0.15) is 0 Å². The van der Waals surface area contributed by atoms with Crippen LogP contribution in [0.1, 0.15) is 47.3 Å². The summed E-state index contributed by atoms with van der Waals surface area (Å²) in [5, 5.41) is 0. The third kappa shape index (κ3) is 6.49. The van der Waals surface area contributed by atoms with Crippen LogP contribution in [0.15, 0.2) is 48.5 Å². The van der Waals surface area contributed by atoms with E-state index in [1.165, 1.54) is 11.1 Å². The summed E-state index contributed by atoms with van der Waals surface area (Å²) in [7, 11) is 0. The number of aryl methyl sites for hydroxylation is 2. The van der Waals surface area contributed by atoms with Gasteiger partial charge in [-0.25, -0.2) is 0 Å². The van der Waals surface area contributed by atoms with Gasteiger partial charge in [0.25, 0.3) is 0 Å². The highest BCUT2D eigenvalue weighted by atomic mass is 16.1. The van der Waals surface area contributed by atoms with Gasteiger partial charge < -0.3 is 0 Å². The molecule has 0 heterocycles. The van der Waals surface area contributed by atoms with Gasteiger partial charge in [-0.3, -0.25) is 9.59 Å². The zero-order valence-corrected chi connectivity index (χ0v) is 13.8. The number of rotatable bonds is 4.